The summed E-state index contributed by atoms with van der Waals surface area (Å²) in [7, 11) is 1.73. The Kier molecular flexibility index (Phi) is 4.58. The molecule has 21 heavy (non-hydrogen) atoms. The number of benzene rings is 1. The maximum Gasteiger partial charge on any atom is 0.416 e. The van der Waals surface area contributed by atoms with Gasteiger partial charge in [-0.25, -0.2) is 0 Å². The van der Waals surface area contributed by atoms with Crippen LogP contribution in [0.3, 0.4) is 0 Å². The third-order valence-electron chi connectivity index (χ3n) is 2.81. The summed E-state index contributed by atoms with van der Waals surface area (Å²) in [6, 6.07) is 3.93. The first-order valence-electron chi connectivity index (χ1n) is 6.25. The molecule has 0 radical (unpaired) electrons. The van der Waals surface area contributed by atoms with E-state index in [-0.39, 0.29) is 18.0 Å². The molecule has 0 fully saturated rings. The van der Waals surface area contributed by atoms with E-state index in [2.05, 4.69) is 10.2 Å². The SMILES string of the molecule is CC(N)Cc1ccc(Sc2nncn2C)cc1C(F)(F)F. The summed E-state index contributed by atoms with van der Waals surface area (Å²) < 4.78 is 41.1. The van der Waals surface area contributed by atoms with Crippen LogP contribution in [0.1, 0.15) is 18.1 Å². The van der Waals surface area contributed by atoms with Gasteiger partial charge in [0.2, 0.25) is 0 Å². The second kappa shape index (κ2) is 6.07. The molecule has 0 saturated carbocycles. The average Bonchev–Trinajstić information content (AvgIpc) is 2.75. The predicted molar refractivity (Wildman–Crippen MR) is 73.9 cm³/mol. The second-order valence-electron chi connectivity index (χ2n) is 4.82. The first-order chi connectivity index (χ1) is 9.77. The summed E-state index contributed by atoms with van der Waals surface area (Å²) in [5, 5.41) is 8.08. The van der Waals surface area contributed by atoms with E-state index in [0.29, 0.717) is 10.1 Å². The molecular formula is C13H15F3N4S. The quantitative estimate of drug-likeness (QED) is 0.942. The van der Waals surface area contributed by atoms with Gasteiger partial charge in [-0.3, -0.25) is 0 Å². The van der Waals surface area contributed by atoms with E-state index in [1.807, 2.05) is 0 Å². The number of rotatable bonds is 4. The average molecular weight is 316 g/mol. The van der Waals surface area contributed by atoms with E-state index in [9.17, 15) is 13.2 Å². The van der Waals surface area contributed by atoms with E-state index >= 15 is 0 Å². The Morgan fingerprint density at radius 2 is 2.10 bits per heavy atom. The summed E-state index contributed by atoms with van der Waals surface area (Å²) in [5.74, 6) is 0. The molecule has 8 heteroatoms. The highest BCUT2D eigenvalue weighted by atomic mass is 32.2. The molecule has 2 rings (SSSR count). The number of halogens is 3. The van der Waals surface area contributed by atoms with Crippen molar-refractivity contribution < 1.29 is 13.2 Å². The molecule has 4 nitrogen and oxygen atoms in total. The lowest BCUT2D eigenvalue weighted by Crippen LogP contribution is -2.20. The lowest BCUT2D eigenvalue weighted by atomic mass is 10.0. The summed E-state index contributed by atoms with van der Waals surface area (Å²) in [4.78, 5) is 0.465. The molecule has 0 aliphatic heterocycles. The molecular weight excluding hydrogens is 301 g/mol. The van der Waals surface area contributed by atoms with Crippen LogP contribution in [-0.2, 0) is 19.6 Å². The maximum atomic E-state index is 13.2. The molecule has 0 saturated heterocycles. The van der Waals surface area contributed by atoms with Gasteiger partial charge in [0.25, 0.3) is 0 Å². The van der Waals surface area contributed by atoms with E-state index in [4.69, 9.17) is 5.73 Å². The van der Waals surface area contributed by atoms with Crippen LogP contribution in [0.2, 0.25) is 0 Å². The molecule has 0 aliphatic carbocycles. The Morgan fingerprint density at radius 1 is 1.38 bits per heavy atom. The smallest absolute Gasteiger partial charge is 0.328 e. The fourth-order valence-corrected chi connectivity index (χ4v) is 2.68. The molecule has 2 N–H and O–H groups in total. The number of hydrogen-bond donors (Lipinski definition) is 1. The van der Waals surface area contributed by atoms with Crippen LogP contribution >= 0.6 is 11.8 Å². The van der Waals surface area contributed by atoms with Gasteiger partial charge in [-0.05, 0) is 42.8 Å². The van der Waals surface area contributed by atoms with Crippen LogP contribution in [-0.4, -0.2) is 20.8 Å². The number of nitrogens with zero attached hydrogens (tertiary/aromatic N) is 3. The summed E-state index contributed by atoms with van der Waals surface area (Å²) in [6.45, 7) is 1.68. The second-order valence-corrected chi connectivity index (χ2v) is 5.87. The fraction of sp³-hybridized carbons (Fsp3) is 0.385. The first-order valence-corrected chi connectivity index (χ1v) is 7.06. The molecule has 0 amide bonds. The zero-order valence-electron chi connectivity index (χ0n) is 11.6. The van der Waals surface area contributed by atoms with E-state index in [1.165, 1.54) is 12.4 Å². The van der Waals surface area contributed by atoms with Crippen LogP contribution in [0, 0.1) is 0 Å². The van der Waals surface area contributed by atoms with E-state index < -0.39 is 11.7 Å². The highest BCUT2D eigenvalue weighted by Crippen LogP contribution is 2.36. The normalized spacial score (nSPS) is 13.4. The molecule has 0 bridgehead atoms. The highest BCUT2D eigenvalue weighted by molar-refractivity contribution is 7.99. The van der Waals surface area contributed by atoms with Gasteiger partial charge in [0, 0.05) is 18.0 Å². The molecule has 2 aromatic rings. The van der Waals surface area contributed by atoms with Gasteiger partial charge in [-0.15, -0.1) is 10.2 Å². The van der Waals surface area contributed by atoms with Gasteiger partial charge in [-0.1, -0.05) is 6.07 Å². The van der Waals surface area contributed by atoms with Crippen molar-refractivity contribution in [2.24, 2.45) is 12.8 Å². The monoisotopic (exact) mass is 316 g/mol. The molecule has 1 aromatic carbocycles. The number of hydrogen-bond acceptors (Lipinski definition) is 4. The molecule has 1 unspecified atom stereocenters. The highest BCUT2D eigenvalue weighted by Gasteiger charge is 2.33. The van der Waals surface area contributed by atoms with E-state index in [0.717, 1.165) is 17.8 Å². The van der Waals surface area contributed by atoms with E-state index in [1.54, 1.807) is 24.6 Å². The summed E-state index contributed by atoms with van der Waals surface area (Å²) in [6.07, 6.45) is -2.72. The molecule has 114 valence electrons. The van der Waals surface area contributed by atoms with Crippen molar-refractivity contribution in [3.63, 3.8) is 0 Å². The Hall–Kier alpha value is -1.54. The number of nitrogens with two attached hydrogens (primary N) is 1. The maximum absolute atomic E-state index is 13.2. The van der Waals surface area contributed by atoms with Gasteiger partial charge >= 0.3 is 6.18 Å². The Balaban J connectivity index is 2.35. The minimum Gasteiger partial charge on any atom is -0.328 e. The molecule has 1 heterocycles. The Bertz CT molecular complexity index is 622. The largest absolute Gasteiger partial charge is 0.416 e. The van der Waals surface area contributed by atoms with Crippen molar-refractivity contribution in [2.75, 3.05) is 0 Å². The third-order valence-corrected chi connectivity index (χ3v) is 3.85. The van der Waals surface area contributed by atoms with Crippen molar-refractivity contribution in [3.05, 3.63) is 35.7 Å². The predicted octanol–water partition coefficient (Wildman–Crippen LogP) is 2.87. The molecule has 0 aliphatic rings. The number of alkyl halides is 3. The fourth-order valence-electron chi connectivity index (χ4n) is 1.88. The van der Waals surface area contributed by atoms with Crippen molar-refractivity contribution in [2.45, 2.75) is 35.6 Å². The molecule has 0 spiro atoms. The topological polar surface area (TPSA) is 56.7 Å². The number of aromatic nitrogens is 3. The molecule has 1 aromatic heterocycles. The first kappa shape index (κ1) is 15.8. The van der Waals surface area contributed by atoms with Gasteiger partial charge in [0.1, 0.15) is 6.33 Å². The van der Waals surface area contributed by atoms with Crippen LogP contribution in [0.5, 0.6) is 0 Å². The van der Waals surface area contributed by atoms with Crippen molar-refractivity contribution in [1.29, 1.82) is 0 Å². The van der Waals surface area contributed by atoms with Crippen LogP contribution in [0.4, 0.5) is 13.2 Å². The molecule has 1 atom stereocenters. The van der Waals surface area contributed by atoms with Crippen LogP contribution in [0.25, 0.3) is 0 Å². The Morgan fingerprint density at radius 3 is 2.62 bits per heavy atom. The van der Waals surface area contributed by atoms with Crippen molar-refractivity contribution >= 4 is 11.8 Å². The lowest BCUT2D eigenvalue weighted by molar-refractivity contribution is -0.138. The van der Waals surface area contributed by atoms with Crippen LogP contribution in [0.15, 0.2) is 34.6 Å². The lowest BCUT2D eigenvalue weighted by Gasteiger charge is -2.15. The van der Waals surface area contributed by atoms with Crippen molar-refractivity contribution in [3.8, 4) is 0 Å². The standard InChI is InChI=1S/C13H15F3N4S/c1-8(17)5-9-3-4-10(6-11(9)13(14,15)16)21-12-19-18-7-20(12)2/h3-4,6-8H,5,17H2,1-2H3. The minimum atomic E-state index is -4.40. The summed E-state index contributed by atoms with van der Waals surface area (Å²) >= 11 is 1.14. The van der Waals surface area contributed by atoms with Gasteiger partial charge in [0.05, 0.1) is 5.56 Å². The van der Waals surface area contributed by atoms with Gasteiger partial charge < -0.3 is 10.3 Å². The van der Waals surface area contributed by atoms with Crippen molar-refractivity contribution in [1.82, 2.24) is 14.8 Å². The van der Waals surface area contributed by atoms with Crippen LogP contribution < -0.4 is 5.73 Å². The van der Waals surface area contributed by atoms with Gasteiger partial charge in [-0.2, -0.15) is 13.2 Å². The minimum absolute atomic E-state index is 0.184. The van der Waals surface area contributed by atoms with Gasteiger partial charge in [0.15, 0.2) is 5.16 Å². The Labute approximate surface area is 124 Å². The zero-order chi connectivity index (χ0) is 15.6. The third kappa shape index (κ3) is 3.98. The summed E-state index contributed by atoms with van der Waals surface area (Å²) in [5.41, 5.74) is 5.17. The number of aryl methyl sites for hydroxylation is 1. The zero-order valence-corrected chi connectivity index (χ0v) is 12.4.